The number of hydrogen-bond acceptors (Lipinski definition) is 2. The topological polar surface area (TPSA) is 38.3 Å². The number of rotatable bonds is 1. The molecule has 1 fully saturated rings. The van der Waals surface area contributed by atoms with E-state index >= 15 is 0 Å². The fourth-order valence-corrected chi connectivity index (χ4v) is 2.15. The fraction of sp³-hybridized carbons (Fsp3) is 0.300. The van der Waals surface area contributed by atoms with Gasteiger partial charge in [-0.2, -0.15) is 0 Å². The number of aryl methyl sites for hydroxylation is 1. The van der Waals surface area contributed by atoms with Crippen LogP contribution >= 0.6 is 15.9 Å². The second kappa shape index (κ2) is 3.61. The number of benzene rings is 1. The van der Waals surface area contributed by atoms with Gasteiger partial charge in [-0.3, -0.25) is 0 Å². The average molecular weight is 256 g/mol. The summed E-state index contributed by atoms with van der Waals surface area (Å²) in [5.41, 5.74) is 2.17. The number of amides is 1. The van der Waals surface area contributed by atoms with Gasteiger partial charge in [-0.15, -0.1) is 0 Å². The van der Waals surface area contributed by atoms with Gasteiger partial charge in [-0.1, -0.05) is 22.0 Å². The summed E-state index contributed by atoms with van der Waals surface area (Å²) in [7, 11) is 0. The molecule has 74 valence electrons. The van der Waals surface area contributed by atoms with E-state index in [9.17, 15) is 4.79 Å². The van der Waals surface area contributed by atoms with Crippen molar-refractivity contribution in [3.63, 3.8) is 0 Å². The molecule has 1 N–H and O–H groups in total. The quantitative estimate of drug-likeness (QED) is 0.838. The summed E-state index contributed by atoms with van der Waals surface area (Å²) in [5.74, 6) is 0. The molecule has 1 amide bonds. The van der Waals surface area contributed by atoms with Crippen LogP contribution < -0.4 is 5.32 Å². The lowest BCUT2D eigenvalue weighted by molar-refractivity contribution is 0.141. The van der Waals surface area contributed by atoms with Crippen LogP contribution in [0.2, 0.25) is 0 Å². The molecule has 1 aliphatic heterocycles. The third-order valence-corrected chi connectivity index (χ3v) is 2.58. The van der Waals surface area contributed by atoms with Crippen molar-refractivity contribution < 1.29 is 9.53 Å². The Morgan fingerprint density at radius 3 is 2.86 bits per heavy atom. The third kappa shape index (κ3) is 1.90. The van der Waals surface area contributed by atoms with Crippen LogP contribution in [-0.4, -0.2) is 12.6 Å². The van der Waals surface area contributed by atoms with Crippen molar-refractivity contribution in [3.8, 4) is 0 Å². The Balaban J connectivity index is 2.27. The lowest BCUT2D eigenvalue weighted by Crippen LogP contribution is -2.12. The van der Waals surface area contributed by atoms with Crippen molar-refractivity contribution in [1.82, 2.24) is 5.32 Å². The Bertz CT molecular complexity index is 358. The summed E-state index contributed by atoms with van der Waals surface area (Å²) in [6.07, 6.45) is -0.494. The van der Waals surface area contributed by atoms with Gasteiger partial charge in [-0.25, -0.2) is 4.79 Å². The van der Waals surface area contributed by atoms with E-state index in [-0.39, 0.29) is 12.2 Å². The van der Waals surface area contributed by atoms with Gasteiger partial charge in [0, 0.05) is 4.47 Å². The van der Waals surface area contributed by atoms with Gasteiger partial charge in [0.2, 0.25) is 0 Å². The van der Waals surface area contributed by atoms with Crippen LogP contribution in [0.5, 0.6) is 0 Å². The number of carbonyl (C=O) groups excluding carboxylic acids is 1. The highest BCUT2D eigenvalue weighted by atomic mass is 79.9. The molecule has 0 aliphatic carbocycles. The summed E-state index contributed by atoms with van der Waals surface area (Å²) in [5, 5.41) is 2.63. The molecule has 0 saturated carbocycles. The summed E-state index contributed by atoms with van der Waals surface area (Å²) in [4.78, 5) is 10.9. The predicted octanol–water partition coefficient (Wildman–Crippen LogP) is 2.54. The van der Waals surface area contributed by atoms with Gasteiger partial charge in [0.1, 0.15) is 6.10 Å². The maximum atomic E-state index is 10.9. The Labute approximate surface area is 90.6 Å². The Kier molecular flexibility index (Phi) is 2.46. The zero-order valence-corrected chi connectivity index (χ0v) is 9.30. The van der Waals surface area contributed by atoms with Crippen LogP contribution in [0.15, 0.2) is 22.7 Å². The van der Waals surface area contributed by atoms with Crippen LogP contribution in [0.1, 0.15) is 17.2 Å². The van der Waals surface area contributed by atoms with Crippen LogP contribution in [0.25, 0.3) is 0 Å². The first kappa shape index (κ1) is 9.52. The zero-order valence-electron chi connectivity index (χ0n) is 7.71. The molecule has 0 radical (unpaired) electrons. The van der Waals surface area contributed by atoms with E-state index in [1.165, 1.54) is 0 Å². The van der Waals surface area contributed by atoms with E-state index in [2.05, 4.69) is 21.2 Å². The van der Waals surface area contributed by atoms with Crippen molar-refractivity contribution in [2.75, 3.05) is 6.54 Å². The Morgan fingerprint density at radius 1 is 1.50 bits per heavy atom. The molecule has 1 unspecified atom stereocenters. The maximum absolute atomic E-state index is 10.9. The minimum absolute atomic E-state index is 0.154. The number of nitrogens with one attached hydrogen (secondary N) is 1. The summed E-state index contributed by atoms with van der Waals surface area (Å²) < 4.78 is 6.10. The van der Waals surface area contributed by atoms with E-state index in [1.807, 2.05) is 25.1 Å². The van der Waals surface area contributed by atoms with Crippen molar-refractivity contribution in [2.24, 2.45) is 0 Å². The molecule has 1 aliphatic rings. The first-order valence-electron chi connectivity index (χ1n) is 4.37. The van der Waals surface area contributed by atoms with Crippen LogP contribution in [0.3, 0.4) is 0 Å². The van der Waals surface area contributed by atoms with Crippen molar-refractivity contribution in [3.05, 3.63) is 33.8 Å². The molecule has 1 aromatic carbocycles. The molecule has 1 heterocycles. The number of carbonyl (C=O) groups is 1. The van der Waals surface area contributed by atoms with E-state index in [0.29, 0.717) is 6.54 Å². The highest BCUT2D eigenvalue weighted by Crippen LogP contribution is 2.25. The van der Waals surface area contributed by atoms with Crippen molar-refractivity contribution in [1.29, 1.82) is 0 Å². The first-order chi connectivity index (χ1) is 6.65. The van der Waals surface area contributed by atoms with Gasteiger partial charge in [-0.05, 0) is 30.2 Å². The van der Waals surface area contributed by atoms with E-state index in [0.717, 1.165) is 15.6 Å². The molecule has 0 bridgehead atoms. The number of ether oxygens (including phenoxy) is 1. The minimum Gasteiger partial charge on any atom is -0.439 e. The lowest BCUT2D eigenvalue weighted by atomic mass is 10.1. The summed E-state index contributed by atoms with van der Waals surface area (Å²) >= 11 is 3.41. The molecule has 1 saturated heterocycles. The highest BCUT2D eigenvalue weighted by Gasteiger charge is 2.24. The highest BCUT2D eigenvalue weighted by molar-refractivity contribution is 9.10. The molecule has 0 spiro atoms. The predicted molar refractivity (Wildman–Crippen MR) is 56.1 cm³/mol. The largest absolute Gasteiger partial charge is 0.439 e. The molecule has 1 atom stereocenters. The SMILES string of the molecule is Cc1cc(Br)cc(C2CNC(=O)O2)c1. The number of halogens is 1. The van der Waals surface area contributed by atoms with E-state index < -0.39 is 0 Å². The van der Waals surface area contributed by atoms with E-state index in [4.69, 9.17) is 4.74 Å². The third-order valence-electron chi connectivity index (χ3n) is 2.12. The average Bonchev–Trinajstić information content (AvgIpc) is 2.50. The number of alkyl carbamates (subject to hydrolysis) is 1. The Hall–Kier alpha value is -1.03. The van der Waals surface area contributed by atoms with Gasteiger partial charge in [0.05, 0.1) is 6.54 Å². The van der Waals surface area contributed by atoms with Gasteiger partial charge in [0.15, 0.2) is 0 Å². The number of cyclic esters (lactones) is 1. The first-order valence-corrected chi connectivity index (χ1v) is 5.16. The molecule has 1 aromatic rings. The number of hydrogen-bond donors (Lipinski definition) is 1. The summed E-state index contributed by atoms with van der Waals surface area (Å²) in [6, 6.07) is 6.02. The van der Waals surface area contributed by atoms with Crippen molar-refractivity contribution >= 4 is 22.0 Å². The fourth-order valence-electron chi connectivity index (χ4n) is 1.52. The summed E-state index contributed by atoms with van der Waals surface area (Å²) in [6.45, 7) is 2.56. The second-order valence-corrected chi connectivity index (χ2v) is 4.25. The van der Waals surface area contributed by atoms with Gasteiger partial charge < -0.3 is 10.1 Å². The standard InChI is InChI=1S/C10H10BrNO2/c1-6-2-7(4-8(11)3-6)9-5-12-10(13)14-9/h2-4,9H,5H2,1H3,(H,12,13). The van der Waals surface area contributed by atoms with E-state index in [1.54, 1.807) is 0 Å². The molecule has 2 rings (SSSR count). The molecule has 14 heavy (non-hydrogen) atoms. The smallest absolute Gasteiger partial charge is 0.407 e. The van der Waals surface area contributed by atoms with Crippen molar-refractivity contribution in [2.45, 2.75) is 13.0 Å². The van der Waals surface area contributed by atoms with Gasteiger partial charge >= 0.3 is 6.09 Å². The van der Waals surface area contributed by atoms with Crippen LogP contribution in [0.4, 0.5) is 4.79 Å². The molecule has 4 heteroatoms. The van der Waals surface area contributed by atoms with Gasteiger partial charge in [0.25, 0.3) is 0 Å². The Morgan fingerprint density at radius 2 is 2.29 bits per heavy atom. The molecule has 0 aromatic heterocycles. The second-order valence-electron chi connectivity index (χ2n) is 3.34. The van der Waals surface area contributed by atoms with Crippen LogP contribution in [-0.2, 0) is 4.74 Å². The molecular formula is C10H10BrNO2. The molecule has 3 nitrogen and oxygen atoms in total. The normalized spacial score (nSPS) is 20.4. The molecular weight excluding hydrogens is 246 g/mol. The zero-order chi connectivity index (χ0) is 10.1. The minimum atomic E-state index is -0.340. The maximum Gasteiger partial charge on any atom is 0.407 e. The monoisotopic (exact) mass is 255 g/mol. The van der Waals surface area contributed by atoms with Crippen LogP contribution in [0, 0.1) is 6.92 Å². The lowest BCUT2D eigenvalue weighted by Gasteiger charge is -2.09.